The van der Waals surface area contributed by atoms with Crippen molar-refractivity contribution in [2.45, 2.75) is 101 Å². The molecule has 3 aliphatic heterocycles. The Balaban J connectivity index is 1.04. The minimum atomic E-state index is -0.639. The van der Waals surface area contributed by atoms with Crippen molar-refractivity contribution in [3.63, 3.8) is 0 Å². The van der Waals surface area contributed by atoms with E-state index in [-0.39, 0.29) is 48.8 Å². The monoisotopic (exact) mass is 693 g/mol. The Morgan fingerprint density at radius 1 is 0.840 bits per heavy atom. The molecule has 3 saturated heterocycles. The van der Waals surface area contributed by atoms with E-state index in [1.54, 1.807) is 6.07 Å². The zero-order valence-electron chi connectivity index (χ0n) is 29.1. The third-order valence-electron chi connectivity index (χ3n) is 11.1. The van der Waals surface area contributed by atoms with Crippen LogP contribution in [0, 0.1) is 17.6 Å². The molecule has 0 spiro atoms. The lowest BCUT2D eigenvalue weighted by atomic mass is 9.83. The molecule has 2 aromatic carbocycles. The normalized spacial score (nSPS) is 21.9. The average Bonchev–Trinajstić information content (AvgIpc) is 3.15. The number of nitrogens with zero attached hydrogens (tertiary/aromatic N) is 2. The number of likely N-dealkylation sites (tertiary alicyclic amines) is 2. The molecule has 0 bridgehead atoms. The summed E-state index contributed by atoms with van der Waals surface area (Å²) in [5.41, 5.74) is 1.82. The molecule has 1 unspecified atom stereocenters. The van der Waals surface area contributed by atoms with Gasteiger partial charge in [-0.15, -0.1) is 0 Å². The first-order chi connectivity index (χ1) is 24.3. The Hall–Kier alpha value is -3.41. The van der Waals surface area contributed by atoms with Crippen molar-refractivity contribution >= 4 is 17.7 Å². The molecule has 11 heteroatoms. The quantitative estimate of drug-likeness (QED) is 0.310. The molecule has 4 aliphatic rings. The molecule has 0 aromatic heterocycles. The molecule has 3 N–H and O–H groups in total. The van der Waals surface area contributed by atoms with Gasteiger partial charge in [-0.3, -0.25) is 14.4 Å². The summed E-state index contributed by atoms with van der Waals surface area (Å²) in [6.07, 6.45) is 11.1. The predicted octanol–water partition coefficient (Wildman–Crippen LogP) is 4.90. The van der Waals surface area contributed by atoms with Gasteiger partial charge in [0.15, 0.2) is 0 Å². The summed E-state index contributed by atoms with van der Waals surface area (Å²) in [5.74, 6) is -1.37. The van der Waals surface area contributed by atoms with Crippen molar-refractivity contribution in [3.05, 3.63) is 70.8 Å². The molecule has 0 radical (unpaired) electrons. The largest absolute Gasteiger partial charge is 0.375 e. The van der Waals surface area contributed by atoms with E-state index in [1.165, 1.54) is 12.1 Å². The number of benzene rings is 2. The fourth-order valence-corrected chi connectivity index (χ4v) is 8.18. The summed E-state index contributed by atoms with van der Waals surface area (Å²) >= 11 is 0. The van der Waals surface area contributed by atoms with Crippen LogP contribution in [0.25, 0.3) is 0 Å². The molecule has 9 nitrogen and oxygen atoms in total. The highest BCUT2D eigenvalue weighted by Gasteiger charge is 2.36. The highest BCUT2D eigenvalue weighted by atomic mass is 19.1. The highest BCUT2D eigenvalue weighted by molar-refractivity contribution is 5.97. The van der Waals surface area contributed by atoms with Crippen molar-refractivity contribution in [1.29, 1.82) is 0 Å². The van der Waals surface area contributed by atoms with Gasteiger partial charge in [0.2, 0.25) is 11.8 Å². The van der Waals surface area contributed by atoms with Gasteiger partial charge in [0.1, 0.15) is 17.7 Å². The lowest BCUT2D eigenvalue weighted by Gasteiger charge is -2.38. The standard InChI is InChI=1S/C39H53F2N5O4/c40-32-12-11-30(35(41)23-32)24-43-25-36(47)46-19-5-10-31(26-46)28-8-4-9-29(22-28)38(48)44-37(27-6-2-1-3-7-27)39(49)45-20-15-34(16-21-45)50-33-13-17-42-18-14-33/h4,8-9,11-12,22-23,27,31,33-34,37,42-43H,1-3,5-7,10,13-21,24-26H2,(H,44,48)/t31?,37-/m1/s1. The van der Waals surface area contributed by atoms with E-state index in [0.29, 0.717) is 43.4 Å². The number of carbonyl (C=O) groups excluding carboxylic acids is 3. The Morgan fingerprint density at radius 3 is 2.36 bits per heavy atom. The van der Waals surface area contributed by atoms with Crippen molar-refractivity contribution in [3.8, 4) is 0 Å². The van der Waals surface area contributed by atoms with Crippen LogP contribution in [0.2, 0.25) is 0 Å². The van der Waals surface area contributed by atoms with Gasteiger partial charge in [0.05, 0.1) is 18.8 Å². The summed E-state index contributed by atoms with van der Waals surface area (Å²) < 4.78 is 33.6. The number of amides is 3. The molecule has 2 atom stereocenters. The van der Waals surface area contributed by atoms with Crippen molar-refractivity contribution in [1.82, 2.24) is 25.8 Å². The van der Waals surface area contributed by atoms with Gasteiger partial charge < -0.3 is 30.5 Å². The van der Waals surface area contributed by atoms with Crippen LogP contribution in [-0.2, 0) is 20.9 Å². The minimum Gasteiger partial charge on any atom is -0.375 e. The van der Waals surface area contributed by atoms with Crippen LogP contribution >= 0.6 is 0 Å². The second kappa shape index (κ2) is 17.7. The zero-order chi connectivity index (χ0) is 34.9. The first-order valence-electron chi connectivity index (χ1n) is 18.8. The summed E-state index contributed by atoms with van der Waals surface area (Å²) in [5, 5.41) is 9.56. The summed E-state index contributed by atoms with van der Waals surface area (Å²) in [6.45, 7) is 4.63. The number of halogens is 2. The molecule has 3 heterocycles. The van der Waals surface area contributed by atoms with Crippen LogP contribution in [0.4, 0.5) is 8.78 Å². The second-order valence-corrected chi connectivity index (χ2v) is 14.6. The van der Waals surface area contributed by atoms with E-state index in [4.69, 9.17) is 4.74 Å². The predicted molar refractivity (Wildman–Crippen MR) is 187 cm³/mol. The maximum atomic E-state index is 14.0. The summed E-state index contributed by atoms with van der Waals surface area (Å²) in [6, 6.07) is 10.5. The first-order valence-corrected chi connectivity index (χ1v) is 18.8. The van der Waals surface area contributed by atoms with Gasteiger partial charge in [-0.2, -0.15) is 0 Å². The van der Waals surface area contributed by atoms with Crippen LogP contribution in [0.5, 0.6) is 0 Å². The number of hydrogen-bond donors (Lipinski definition) is 3. The van der Waals surface area contributed by atoms with E-state index in [9.17, 15) is 23.2 Å². The van der Waals surface area contributed by atoms with Crippen LogP contribution in [0.3, 0.4) is 0 Å². The SMILES string of the molecule is O=C(N[C@@H](C(=O)N1CCC(OC2CCNCC2)CC1)C1CCCCC1)c1cccc(C2CCCN(C(=O)CNCc3ccc(F)cc3F)C2)c1. The number of rotatable bonds is 11. The first kappa shape index (κ1) is 36.4. The van der Waals surface area contributed by atoms with Crippen molar-refractivity contribution < 1.29 is 27.9 Å². The molecular weight excluding hydrogens is 640 g/mol. The van der Waals surface area contributed by atoms with Gasteiger partial charge in [-0.05, 0) is 94.1 Å². The molecule has 3 amide bonds. The molecule has 4 fully saturated rings. The van der Waals surface area contributed by atoms with E-state index >= 15 is 0 Å². The Bertz CT molecular complexity index is 1460. The third kappa shape index (κ3) is 9.67. The van der Waals surface area contributed by atoms with Gasteiger partial charge in [0.25, 0.3) is 5.91 Å². The highest BCUT2D eigenvalue weighted by Crippen LogP contribution is 2.30. The topological polar surface area (TPSA) is 103 Å². The summed E-state index contributed by atoms with van der Waals surface area (Å²) in [7, 11) is 0. The van der Waals surface area contributed by atoms with E-state index in [0.717, 1.165) is 95.3 Å². The molecule has 2 aromatic rings. The zero-order valence-corrected chi connectivity index (χ0v) is 29.1. The van der Waals surface area contributed by atoms with Gasteiger partial charge in [0, 0.05) is 55.8 Å². The van der Waals surface area contributed by atoms with E-state index in [2.05, 4.69) is 16.0 Å². The Morgan fingerprint density at radius 2 is 1.60 bits per heavy atom. The lowest BCUT2D eigenvalue weighted by molar-refractivity contribution is -0.138. The van der Waals surface area contributed by atoms with Crippen LogP contribution in [-0.4, -0.2) is 91.6 Å². The van der Waals surface area contributed by atoms with Crippen LogP contribution < -0.4 is 16.0 Å². The Labute approximate surface area is 294 Å². The maximum absolute atomic E-state index is 14.0. The number of piperidine rings is 3. The van der Waals surface area contributed by atoms with Crippen LogP contribution in [0.1, 0.15) is 98.0 Å². The van der Waals surface area contributed by atoms with Crippen molar-refractivity contribution in [2.24, 2.45) is 5.92 Å². The van der Waals surface area contributed by atoms with E-state index < -0.39 is 17.7 Å². The fraction of sp³-hybridized carbons (Fsp3) is 0.615. The summed E-state index contributed by atoms with van der Waals surface area (Å²) in [4.78, 5) is 44.7. The van der Waals surface area contributed by atoms with Crippen LogP contribution in [0.15, 0.2) is 42.5 Å². The molecule has 1 aliphatic carbocycles. The van der Waals surface area contributed by atoms with Crippen molar-refractivity contribution in [2.75, 3.05) is 45.8 Å². The fourth-order valence-electron chi connectivity index (χ4n) is 8.18. The third-order valence-corrected chi connectivity index (χ3v) is 11.1. The number of carbonyl (C=O) groups is 3. The maximum Gasteiger partial charge on any atom is 0.251 e. The smallest absolute Gasteiger partial charge is 0.251 e. The molecule has 6 rings (SSSR count). The number of hydrogen-bond acceptors (Lipinski definition) is 6. The number of nitrogens with one attached hydrogen (secondary N) is 3. The van der Waals surface area contributed by atoms with E-state index in [1.807, 2.05) is 28.0 Å². The second-order valence-electron chi connectivity index (χ2n) is 14.6. The molecule has 1 saturated carbocycles. The van der Waals surface area contributed by atoms with Gasteiger partial charge in [-0.1, -0.05) is 37.5 Å². The lowest BCUT2D eigenvalue weighted by Crippen LogP contribution is -2.55. The van der Waals surface area contributed by atoms with Gasteiger partial charge in [-0.25, -0.2) is 8.78 Å². The average molecular weight is 694 g/mol. The molecule has 50 heavy (non-hydrogen) atoms. The molecule has 272 valence electrons. The minimum absolute atomic E-state index is 0.0268. The number of ether oxygens (including phenoxy) is 1. The van der Waals surface area contributed by atoms with Gasteiger partial charge >= 0.3 is 0 Å². The molecular formula is C39H53F2N5O4. The Kier molecular flexibility index (Phi) is 12.9.